The lowest BCUT2D eigenvalue weighted by molar-refractivity contribution is -0.125. The van der Waals surface area contributed by atoms with Gasteiger partial charge in [0.25, 0.3) is 0 Å². The number of hydrogen-bond donors (Lipinski definition) is 2. The number of rotatable bonds is 4. The molecule has 2 saturated carbocycles. The zero-order valence-electron chi connectivity index (χ0n) is 8.72. The Balaban J connectivity index is 1.75. The molecule has 0 aromatic heterocycles. The fraction of sp³-hybridized carbons (Fsp3) is 0.909. The molecule has 0 radical (unpaired) electrons. The summed E-state index contributed by atoms with van der Waals surface area (Å²) in [6.45, 7) is 0.601. The molecule has 0 aliphatic heterocycles. The normalized spacial score (nSPS) is 24.9. The second-order valence-electron chi connectivity index (χ2n) is 4.89. The molecule has 0 atom stereocenters. The van der Waals surface area contributed by atoms with Gasteiger partial charge in [0, 0.05) is 13.0 Å². The van der Waals surface area contributed by atoms with Crippen LogP contribution in [0.15, 0.2) is 0 Å². The van der Waals surface area contributed by atoms with E-state index in [4.69, 9.17) is 5.73 Å². The van der Waals surface area contributed by atoms with Gasteiger partial charge < -0.3 is 11.1 Å². The van der Waals surface area contributed by atoms with Gasteiger partial charge in [-0.3, -0.25) is 4.79 Å². The minimum absolute atomic E-state index is 0.0270. The van der Waals surface area contributed by atoms with Crippen LogP contribution in [0.1, 0.15) is 44.9 Å². The van der Waals surface area contributed by atoms with Crippen LogP contribution in [0, 0.1) is 5.92 Å². The predicted octanol–water partition coefficient (Wildman–Crippen LogP) is 1.17. The van der Waals surface area contributed by atoms with E-state index in [9.17, 15) is 4.79 Å². The molecule has 2 fully saturated rings. The van der Waals surface area contributed by atoms with Crippen LogP contribution in [0.3, 0.4) is 0 Å². The highest BCUT2D eigenvalue weighted by Crippen LogP contribution is 2.32. The summed E-state index contributed by atoms with van der Waals surface area (Å²) >= 11 is 0. The van der Waals surface area contributed by atoms with Crippen molar-refractivity contribution in [1.29, 1.82) is 0 Å². The molecule has 3 N–H and O–H groups in total. The van der Waals surface area contributed by atoms with Crippen LogP contribution >= 0.6 is 0 Å². The maximum atomic E-state index is 11.6. The minimum Gasteiger partial charge on any atom is -0.349 e. The first kappa shape index (κ1) is 9.97. The molecular weight excluding hydrogens is 176 g/mol. The summed E-state index contributed by atoms with van der Waals surface area (Å²) in [5.74, 6) is 0.879. The van der Waals surface area contributed by atoms with Crippen LogP contribution in [0.5, 0.6) is 0 Å². The third kappa shape index (κ3) is 1.92. The summed E-state index contributed by atoms with van der Waals surface area (Å²) in [6.07, 6.45) is 7.86. The SMILES string of the molecule is NCC1(NC(=O)CC2CCC2)CCC1. The lowest BCUT2D eigenvalue weighted by Crippen LogP contribution is -2.58. The smallest absolute Gasteiger partial charge is 0.220 e. The quantitative estimate of drug-likeness (QED) is 0.709. The monoisotopic (exact) mass is 196 g/mol. The molecule has 0 heterocycles. The molecule has 3 heteroatoms. The van der Waals surface area contributed by atoms with Crippen molar-refractivity contribution in [3.63, 3.8) is 0 Å². The molecule has 0 saturated heterocycles. The highest BCUT2D eigenvalue weighted by molar-refractivity contribution is 5.77. The summed E-state index contributed by atoms with van der Waals surface area (Å²) in [5.41, 5.74) is 5.65. The average molecular weight is 196 g/mol. The highest BCUT2D eigenvalue weighted by atomic mass is 16.1. The molecule has 0 aromatic carbocycles. The van der Waals surface area contributed by atoms with Crippen LogP contribution in [0.25, 0.3) is 0 Å². The van der Waals surface area contributed by atoms with E-state index < -0.39 is 0 Å². The van der Waals surface area contributed by atoms with Crippen molar-refractivity contribution in [2.75, 3.05) is 6.54 Å². The molecule has 2 aliphatic rings. The highest BCUT2D eigenvalue weighted by Gasteiger charge is 2.37. The van der Waals surface area contributed by atoms with Crippen molar-refractivity contribution < 1.29 is 4.79 Å². The van der Waals surface area contributed by atoms with E-state index in [0.29, 0.717) is 12.5 Å². The third-order valence-electron chi connectivity index (χ3n) is 3.80. The lowest BCUT2D eigenvalue weighted by Gasteiger charge is -2.42. The summed E-state index contributed by atoms with van der Waals surface area (Å²) in [6, 6.07) is 0. The van der Waals surface area contributed by atoms with Crippen molar-refractivity contribution in [3.05, 3.63) is 0 Å². The fourth-order valence-corrected chi connectivity index (χ4v) is 2.29. The first-order chi connectivity index (χ1) is 6.74. The van der Waals surface area contributed by atoms with Gasteiger partial charge in [0.15, 0.2) is 0 Å². The van der Waals surface area contributed by atoms with Crippen LogP contribution in [0.2, 0.25) is 0 Å². The molecule has 0 aromatic rings. The second kappa shape index (κ2) is 3.89. The number of nitrogens with two attached hydrogens (primary N) is 1. The number of amides is 1. The van der Waals surface area contributed by atoms with Crippen molar-refractivity contribution in [1.82, 2.24) is 5.32 Å². The van der Waals surface area contributed by atoms with Crippen LogP contribution < -0.4 is 11.1 Å². The van der Waals surface area contributed by atoms with Gasteiger partial charge >= 0.3 is 0 Å². The Morgan fingerprint density at radius 2 is 2.07 bits per heavy atom. The zero-order chi connectivity index (χ0) is 10.0. The lowest BCUT2D eigenvalue weighted by atomic mass is 9.76. The predicted molar refractivity (Wildman–Crippen MR) is 55.7 cm³/mol. The number of carbonyl (C=O) groups excluding carboxylic acids is 1. The Kier molecular flexibility index (Phi) is 2.77. The van der Waals surface area contributed by atoms with Gasteiger partial charge in [0.2, 0.25) is 5.91 Å². The summed E-state index contributed by atoms with van der Waals surface area (Å²) in [4.78, 5) is 11.6. The van der Waals surface area contributed by atoms with Gasteiger partial charge in [-0.1, -0.05) is 6.42 Å². The summed E-state index contributed by atoms with van der Waals surface area (Å²) in [5, 5.41) is 3.11. The molecule has 0 unspecified atom stereocenters. The Morgan fingerprint density at radius 3 is 2.43 bits per heavy atom. The Labute approximate surface area is 85.4 Å². The van der Waals surface area contributed by atoms with E-state index >= 15 is 0 Å². The van der Waals surface area contributed by atoms with Crippen LogP contribution in [-0.4, -0.2) is 18.0 Å². The first-order valence-electron chi connectivity index (χ1n) is 5.75. The molecular formula is C11H20N2O. The van der Waals surface area contributed by atoms with E-state index in [-0.39, 0.29) is 11.4 Å². The van der Waals surface area contributed by atoms with Gasteiger partial charge in [-0.25, -0.2) is 0 Å². The molecule has 2 rings (SSSR count). The number of carbonyl (C=O) groups is 1. The van der Waals surface area contributed by atoms with E-state index in [1.807, 2.05) is 0 Å². The van der Waals surface area contributed by atoms with Gasteiger partial charge in [-0.05, 0) is 38.0 Å². The summed E-state index contributed by atoms with van der Waals surface area (Å²) in [7, 11) is 0. The molecule has 0 spiro atoms. The first-order valence-corrected chi connectivity index (χ1v) is 5.75. The molecule has 3 nitrogen and oxygen atoms in total. The largest absolute Gasteiger partial charge is 0.349 e. The zero-order valence-corrected chi connectivity index (χ0v) is 8.72. The molecule has 1 amide bonds. The van der Waals surface area contributed by atoms with Gasteiger partial charge in [0.1, 0.15) is 0 Å². The average Bonchev–Trinajstić information content (AvgIpc) is 2.04. The minimum atomic E-state index is -0.0270. The standard InChI is InChI=1S/C11H20N2O/c12-8-11(5-2-6-11)13-10(14)7-9-3-1-4-9/h9H,1-8,12H2,(H,13,14). The van der Waals surface area contributed by atoms with Crippen molar-refractivity contribution in [2.24, 2.45) is 11.7 Å². The second-order valence-corrected chi connectivity index (χ2v) is 4.89. The van der Waals surface area contributed by atoms with Crippen LogP contribution in [-0.2, 0) is 4.79 Å². The topological polar surface area (TPSA) is 55.1 Å². The van der Waals surface area contributed by atoms with E-state index in [1.165, 1.54) is 25.7 Å². The van der Waals surface area contributed by atoms with E-state index in [0.717, 1.165) is 19.3 Å². The van der Waals surface area contributed by atoms with Gasteiger partial charge in [-0.2, -0.15) is 0 Å². The fourth-order valence-electron chi connectivity index (χ4n) is 2.29. The van der Waals surface area contributed by atoms with Gasteiger partial charge in [-0.15, -0.1) is 0 Å². The Morgan fingerprint density at radius 1 is 1.36 bits per heavy atom. The third-order valence-corrected chi connectivity index (χ3v) is 3.80. The van der Waals surface area contributed by atoms with Crippen LogP contribution in [0.4, 0.5) is 0 Å². The van der Waals surface area contributed by atoms with Crippen molar-refractivity contribution in [3.8, 4) is 0 Å². The molecule has 2 aliphatic carbocycles. The Bertz CT molecular complexity index is 214. The maximum Gasteiger partial charge on any atom is 0.220 e. The van der Waals surface area contributed by atoms with E-state index in [2.05, 4.69) is 5.32 Å². The van der Waals surface area contributed by atoms with Gasteiger partial charge in [0.05, 0.1) is 5.54 Å². The molecule has 14 heavy (non-hydrogen) atoms. The Hall–Kier alpha value is -0.570. The maximum absolute atomic E-state index is 11.6. The summed E-state index contributed by atoms with van der Waals surface area (Å²) < 4.78 is 0. The number of hydrogen-bond acceptors (Lipinski definition) is 2. The molecule has 0 bridgehead atoms. The van der Waals surface area contributed by atoms with Crippen molar-refractivity contribution in [2.45, 2.75) is 50.5 Å². The van der Waals surface area contributed by atoms with E-state index in [1.54, 1.807) is 0 Å². The molecule has 80 valence electrons. The number of nitrogens with one attached hydrogen (secondary N) is 1. The van der Waals surface area contributed by atoms with Crippen molar-refractivity contribution >= 4 is 5.91 Å².